The van der Waals surface area contributed by atoms with E-state index in [1.807, 2.05) is 61.5 Å². The van der Waals surface area contributed by atoms with E-state index in [1.165, 1.54) is 21.4 Å². The SMILES string of the molecule is CCCOc1ccc(-c2nc3s/c(=C\c4ccc(C)cc4)c(=O)n3n2)cc1. The van der Waals surface area contributed by atoms with Crippen molar-refractivity contribution in [2.24, 2.45) is 0 Å². The summed E-state index contributed by atoms with van der Waals surface area (Å²) in [5, 5.41) is 4.39. The van der Waals surface area contributed by atoms with Crippen LogP contribution in [0.15, 0.2) is 53.3 Å². The minimum atomic E-state index is -0.141. The quantitative estimate of drug-likeness (QED) is 0.534. The molecule has 0 radical (unpaired) electrons. The smallest absolute Gasteiger partial charge is 0.291 e. The number of benzene rings is 2. The Balaban J connectivity index is 1.66. The fraction of sp³-hybridized carbons (Fsp3) is 0.190. The number of nitrogens with zero attached hydrogens (tertiary/aromatic N) is 3. The van der Waals surface area contributed by atoms with Crippen molar-refractivity contribution in [2.45, 2.75) is 20.3 Å². The highest BCUT2D eigenvalue weighted by Crippen LogP contribution is 2.20. The average molecular weight is 377 g/mol. The van der Waals surface area contributed by atoms with Crippen LogP contribution < -0.4 is 14.8 Å². The van der Waals surface area contributed by atoms with E-state index in [1.54, 1.807) is 0 Å². The molecule has 0 saturated heterocycles. The lowest BCUT2D eigenvalue weighted by Gasteiger charge is -2.04. The van der Waals surface area contributed by atoms with Gasteiger partial charge >= 0.3 is 0 Å². The van der Waals surface area contributed by atoms with Crippen LogP contribution in [0.3, 0.4) is 0 Å². The molecule has 27 heavy (non-hydrogen) atoms. The molecule has 0 saturated carbocycles. The number of thiazole rings is 1. The molecule has 2 aromatic heterocycles. The molecule has 0 bridgehead atoms. The lowest BCUT2D eigenvalue weighted by Crippen LogP contribution is -2.23. The molecule has 2 heterocycles. The summed E-state index contributed by atoms with van der Waals surface area (Å²) in [6.07, 6.45) is 2.84. The lowest BCUT2D eigenvalue weighted by molar-refractivity contribution is 0.317. The Morgan fingerprint density at radius 3 is 2.52 bits per heavy atom. The highest BCUT2D eigenvalue weighted by atomic mass is 32.1. The zero-order valence-electron chi connectivity index (χ0n) is 15.2. The third kappa shape index (κ3) is 3.61. The Morgan fingerprint density at radius 1 is 1.11 bits per heavy atom. The molecule has 0 atom stereocenters. The van der Waals surface area contributed by atoms with Crippen molar-refractivity contribution in [3.8, 4) is 17.1 Å². The molecule has 0 unspecified atom stereocenters. The van der Waals surface area contributed by atoms with Gasteiger partial charge in [-0.1, -0.05) is 48.1 Å². The predicted octanol–water partition coefficient (Wildman–Crippen LogP) is 3.46. The molecule has 5 nitrogen and oxygen atoms in total. The molecule has 2 aromatic carbocycles. The van der Waals surface area contributed by atoms with Crippen LogP contribution in [0.1, 0.15) is 24.5 Å². The summed E-state index contributed by atoms with van der Waals surface area (Å²) in [6, 6.07) is 15.7. The van der Waals surface area contributed by atoms with Crippen molar-refractivity contribution >= 4 is 22.4 Å². The first kappa shape index (κ1) is 17.4. The number of rotatable bonds is 5. The molecule has 0 spiro atoms. The summed E-state index contributed by atoms with van der Waals surface area (Å²) in [7, 11) is 0. The maximum absolute atomic E-state index is 12.6. The van der Waals surface area contributed by atoms with Gasteiger partial charge in [0.25, 0.3) is 5.56 Å². The van der Waals surface area contributed by atoms with Crippen LogP contribution in [0.2, 0.25) is 0 Å². The third-order valence-corrected chi connectivity index (χ3v) is 5.10. The van der Waals surface area contributed by atoms with E-state index < -0.39 is 0 Å². The van der Waals surface area contributed by atoms with Gasteiger partial charge < -0.3 is 4.74 Å². The number of aromatic nitrogens is 3. The fourth-order valence-corrected chi connectivity index (χ4v) is 3.60. The maximum Gasteiger partial charge on any atom is 0.291 e. The van der Waals surface area contributed by atoms with E-state index in [-0.39, 0.29) is 5.56 Å². The first-order valence-electron chi connectivity index (χ1n) is 8.85. The zero-order valence-corrected chi connectivity index (χ0v) is 16.0. The lowest BCUT2D eigenvalue weighted by atomic mass is 10.1. The number of fused-ring (bicyclic) bond motifs is 1. The van der Waals surface area contributed by atoms with E-state index in [0.717, 1.165) is 23.3 Å². The van der Waals surface area contributed by atoms with E-state index in [4.69, 9.17) is 4.74 Å². The first-order valence-corrected chi connectivity index (χ1v) is 9.67. The van der Waals surface area contributed by atoms with Gasteiger partial charge in [-0.25, -0.2) is 0 Å². The van der Waals surface area contributed by atoms with E-state index >= 15 is 0 Å². The zero-order chi connectivity index (χ0) is 18.8. The van der Waals surface area contributed by atoms with E-state index in [2.05, 4.69) is 17.0 Å². The second-order valence-corrected chi connectivity index (χ2v) is 7.34. The Kier molecular flexibility index (Phi) is 4.73. The normalized spacial score (nSPS) is 12.0. The van der Waals surface area contributed by atoms with Gasteiger partial charge in [0.05, 0.1) is 11.1 Å². The van der Waals surface area contributed by atoms with Gasteiger partial charge in [-0.2, -0.15) is 9.50 Å². The third-order valence-electron chi connectivity index (χ3n) is 4.14. The minimum absolute atomic E-state index is 0.141. The molecular weight excluding hydrogens is 358 g/mol. The summed E-state index contributed by atoms with van der Waals surface area (Å²) in [6.45, 7) is 4.80. The second-order valence-electron chi connectivity index (χ2n) is 6.33. The number of hydrogen-bond acceptors (Lipinski definition) is 5. The summed E-state index contributed by atoms with van der Waals surface area (Å²) >= 11 is 1.35. The van der Waals surface area contributed by atoms with Gasteiger partial charge in [-0.3, -0.25) is 4.79 Å². The van der Waals surface area contributed by atoms with Gasteiger partial charge in [-0.15, -0.1) is 5.10 Å². The van der Waals surface area contributed by atoms with Gasteiger partial charge in [0, 0.05) is 5.56 Å². The molecule has 6 heteroatoms. The molecule has 0 N–H and O–H groups in total. The highest BCUT2D eigenvalue weighted by molar-refractivity contribution is 7.15. The minimum Gasteiger partial charge on any atom is -0.494 e. The second kappa shape index (κ2) is 7.32. The Bertz CT molecular complexity index is 1180. The van der Waals surface area contributed by atoms with Crippen LogP contribution in [0.25, 0.3) is 22.4 Å². The van der Waals surface area contributed by atoms with Gasteiger partial charge in [0.1, 0.15) is 5.75 Å². The summed E-state index contributed by atoms with van der Waals surface area (Å²) in [5.74, 6) is 1.36. The summed E-state index contributed by atoms with van der Waals surface area (Å²) in [5.41, 5.74) is 2.90. The van der Waals surface area contributed by atoms with Crippen molar-refractivity contribution in [1.29, 1.82) is 0 Å². The fourth-order valence-electron chi connectivity index (χ4n) is 2.69. The number of hydrogen-bond donors (Lipinski definition) is 0. The Hall–Kier alpha value is -2.99. The van der Waals surface area contributed by atoms with Crippen molar-refractivity contribution in [1.82, 2.24) is 14.6 Å². The molecule has 0 aliphatic heterocycles. The average Bonchev–Trinajstić information content (AvgIpc) is 3.22. The van der Waals surface area contributed by atoms with Crippen molar-refractivity contribution < 1.29 is 4.74 Å². The van der Waals surface area contributed by atoms with E-state index in [9.17, 15) is 4.79 Å². The van der Waals surface area contributed by atoms with Gasteiger partial charge in [-0.05, 0) is 49.2 Å². The Morgan fingerprint density at radius 2 is 1.85 bits per heavy atom. The molecule has 4 rings (SSSR count). The van der Waals surface area contributed by atoms with Crippen LogP contribution in [-0.4, -0.2) is 21.2 Å². The molecule has 0 amide bonds. The molecular formula is C21H19N3O2S. The van der Waals surface area contributed by atoms with Crippen molar-refractivity contribution in [3.63, 3.8) is 0 Å². The van der Waals surface area contributed by atoms with Crippen LogP contribution >= 0.6 is 11.3 Å². The number of aryl methyl sites for hydroxylation is 1. The van der Waals surface area contributed by atoms with Crippen molar-refractivity contribution in [2.75, 3.05) is 6.61 Å². The summed E-state index contributed by atoms with van der Waals surface area (Å²) < 4.78 is 7.60. The Labute approximate surface area is 160 Å². The van der Waals surface area contributed by atoms with Crippen LogP contribution in [0.5, 0.6) is 5.75 Å². The molecule has 4 aromatic rings. The van der Waals surface area contributed by atoms with Crippen LogP contribution in [0.4, 0.5) is 0 Å². The standard InChI is InChI=1S/C21H19N3O2S/c1-3-12-26-17-10-8-16(9-11-17)19-22-21-24(23-19)20(25)18(27-21)13-15-6-4-14(2)5-7-15/h4-11,13H,3,12H2,1-2H3/b18-13-. The van der Waals surface area contributed by atoms with E-state index in [0.29, 0.717) is 21.9 Å². The van der Waals surface area contributed by atoms with Gasteiger partial charge in [0.2, 0.25) is 4.96 Å². The number of ether oxygens (including phenoxy) is 1. The largest absolute Gasteiger partial charge is 0.494 e. The van der Waals surface area contributed by atoms with Gasteiger partial charge in [0.15, 0.2) is 5.82 Å². The highest BCUT2D eigenvalue weighted by Gasteiger charge is 2.12. The van der Waals surface area contributed by atoms with Crippen LogP contribution in [0, 0.1) is 6.92 Å². The topological polar surface area (TPSA) is 56.5 Å². The molecule has 0 aliphatic carbocycles. The molecule has 0 aliphatic rings. The molecule has 0 fully saturated rings. The van der Waals surface area contributed by atoms with Crippen LogP contribution in [-0.2, 0) is 0 Å². The monoisotopic (exact) mass is 377 g/mol. The summed E-state index contributed by atoms with van der Waals surface area (Å²) in [4.78, 5) is 17.8. The predicted molar refractivity (Wildman–Crippen MR) is 108 cm³/mol. The maximum atomic E-state index is 12.6. The molecule has 136 valence electrons. The first-order chi connectivity index (χ1) is 13.1. The van der Waals surface area contributed by atoms with Crippen molar-refractivity contribution in [3.05, 3.63) is 74.5 Å².